The minimum absolute atomic E-state index is 0.0589. The molecule has 0 spiro atoms. The smallest absolute Gasteiger partial charge is 0.264 e. The van der Waals surface area contributed by atoms with E-state index in [1.54, 1.807) is 18.2 Å². The van der Waals surface area contributed by atoms with Crippen molar-refractivity contribution in [3.8, 4) is 11.5 Å². The summed E-state index contributed by atoms with van der Waals surface area (Å²) in [4.78, 5) is 19.6. The molecule has 0 aliphatic carbocycles. The van der Waals surface area contributed by atoms with Crippen LogP contribution in [-0.4, -0.2) is 36.4 Å². The first-order valence-electron chi connectivity index (χ1n) is 9.05. The second kappa shape index (κ2) is 8.84. The summed E-state index contributed by atoms with van der Waals surface area (Å²) in [5.41, 5.74) is 2.70. The molecular weight excluding hydrogens is 374 g/mol. The van der Waals surface area contributed by atoms with Gasteiger partial charge < -0.3 is 20.1 Å². The van der Waals surface area contributed by atoms with Gasteiger partial charge in [-0.2, -0.15) is 0 Å². The lowest BCUT2D eigenvalue weighted by atomic mass is 10.2. The lowest BCUT2D eigenvalue weighted by Gasteiger charge is -2.20. The van der Waals surface area contributed by atoms with Gasteiger partial charge in [0.1, 0.15) is 0 Å². The molecule has 146 valence electrons. The van der Waals surface area contributed by atoms with E-state index in [-0.39, 0.29) is 11.7 Å². The number of nitrogens with zero attached hydrogens (tertiary/aromatic N) is 2. The number of ether oxygens (including phenoxy) is 1. The number of rotatable bonds is 6. The zero-order valence-electron chi connectivity index (χ0n) is 16.1. The molecule has 1 amide bonds. The molecule has 2 aromatic carbocycles. The van der Waals surface area contributed by atoms with Crippen LogP contribution in [0.5, 0.6) is 11.5 Å². The molecule has 0 aromatic heterocycles. The van der Waals surface area contributed by atoms with Crippen molar-refractivity contribution in [1.82, 2.24) is 5.32 Å². The molecule has 2 N–H and O–H groups in total. The van der Waals surface area contributed by atoms with Gasteiger partial charge >= 0.3 is 0 Å². The summed E-state index contributed by atoms with van der Waals surface area (Å²) in [6, 6.07) is 12.9. The van der Waals surface area contributed by atoms with E-state index in [9.17, 15) is 9.90 Å². The molecule has 1 aliphatic rings. The Kier molecular flexibility index (Phi) is 6.26. The van der Waals surface area contributed by atoms with Gasteiger partial charge in [0, 0.05) is 18.8 Å². The Morgan fingerprint density at radius 2 is 1.89 bits per heavy atom. The number of aliphatic imine (C=N–C) groups is 1. The lowest BCUT2D eigenvalue weighted by Crippen LogP contribution is -2.21. The average Bonchev–Trinajstić information content (AvgIpc) is 3.04. The van der Waals surface area contributed by atoms with Gasteiger partial charge in [-0.25, -0.2) is 4.99 Å². The van der Waals surface area contributed by atoms with Crippen LogP contribution in [-0.2, 0) is 4.79 Å². The number of nitrogens with one attached hydrogen (secondary N) is 1. The summed E-state index contributed by atoms with van der Waals surface area (Å²) in [6.07, 6.45) is 1.74. The van der Waals surface area contributed by atoms with Crippen LogP contribution in [0.1, 0.15) is 19.4 Å². The minimum Gasteiger partial charge on any atom is -0.504 e. The molecule has 0 bridgehead atoms. The monoisotopic (exact) mass is 397 g/mol. The fraction of sp³-hybridized carbons (Fsp3) is 0.238. The number of hydrogen-bond donors (Lipinski definition) is 2. The first-order valence-corrected chi connectivity index (χ1v) is 9.87. The Balaban J connectivity index is 1.76. The van der Waals surface area contributed by atoms with Crippen molar-refractivity contribution in [3.05, 3.63) is 52.9 Å². The molecule has 2 aromatic rings. The maximum absolute atomic E-state index is 12.3. The van der Waals surface area contributed by atoms with Crippen LogP contribution in [0.2, 0.25) is 0 Å². The molecule has 1 aliphatic heterocycles. The third kappa shape index (κ3) is 4.48. The van der Waals surface area contributed by atoms with E-state index in [1.165, 1.54) is 24.9 Å². The van der Waals surface area contributed by atoms with E-state index >= 15 is 0 Å². The van der Waals surface area contributed by atoms with E-state index in [2.05, 4.69) is 29.1 Å². The van der Waals surface area contributed by atoms with Gasteiger partial charge in [-0.3, -0.25) is 4.79 Å². The van der Waals surface area contributed by atoms with Crippen molar-refractivity contribution in [1.29, 1.82) is 0 Å². The Morgan fingerprint density at radius 3 is 2.54 bits per heavy atom. The van der Waals surface area contributed by atoms with Crippen LogP contribution in [0.4, 0.5) is 11.4 Å². The molecule has 0 unspecified atom stereocenters. The fourth-order valence-electron chi connectivity index (χ4n) is 2.86. The number of hydrogen-bond acceptors (Lipinski definition) is 6. The summed E-state index contributed by atoms with van der Waals surface area (Å²) < 4.78 is 5.11. The molecule has 0 saturated carbocycles. The largest absolute Gasteiger partial charge is 0.504 e. The van der Waals surface area contributed by atoms with Crippen molar-refractivity contribution in [2.75, 3.05) is 25.1 Å². The fourth-order valence-corrected chi connectivity index (χ4v) is 3.70. The number of benzene rings is 2. The van der Waals surface area contributed by atoms with Crippen LogP contribution >= 0.6 is 11.8 Å². The number of amidine groups is 1. The average molecular weight is 398 g/mol. The number of anilines is 1. The molecule has 1 saturated heterocycles. The number of methoxy groups -OCH3 is 1. The standard InChI is InChI=1S/C21H23N3O3S/c1-4-24(5-2)16-9-7-15(8-10-16)22-21-23-20(26)19(28-21)13-14-6-11-17(25)18(12-14)27-3/h6-13,25H,4-5H2,1-3H3,(H,22,23,26)/b19-13-. The predicted molar refractivity (Wildman–Crippen MR) is 115 cm³/mol. The van der Waals surface area contributed by atoms with Crippen LogP contribution in [0, 0.1) is 0 Å². The zero-order valence-corrected chi connectivity index (χ0v) is 16.9. The first-order chi connectivity index (χ1) is 13.5. The molecule has 3 rings (SSSR count). The van der Waals surface area contributed by atoms with Gasteiger partial charge in [0.2, 0.25) is 0 Å². The highest BCUT2D eigenvalue weighted by atomic mass is 32.2. The number of phenolic OH excluding ortho intramolecular Hbond substituents is 1. The first kappa shape index (κ1) is 19.8. The van der Waals surface area contributed by atoms with Crippen molar-refractivity contribution < 1.29 is 14.6 Å². The van der Waals surface area contributed by atoms with Gasteiger partial charge in [-0.1, -0.05) is 6.07 Å². The number of aromatic hydroxyl groups is 1. The topological polar surface area (TPSA) is 74.2 Å². The zero-order chi connectivity index (χ0) is 20.1. The van der Waals surface area contributed by atoms with E-state index in [0.29, 0.717) is 15.8 Å². The second-order valence-corrected chi connectivity index (χ2v) is 7.13. The summed E-state index contributed by atoms with van der Waals surface area (Å²) in [5, 5.41) is 13.0. The molecule has 1 heterocycles. The van der Waals surface area contributed by atoms with Crippen molar-refractivity contribution in [2.24, 2.45) is 4.99 Å². The number of phenols is 1. The third-order valence-electron chi connectivity index (χ3n) is 4.36. The quantitative estimate of drug-likeness (QED) is 0.717. The Bertz CT molecular complexity index is 919. The van der Waals surface area contributed by atoms with E-state index in [1.807, 2.05) is 24.3 Å². The lowest BCUT2D eigenvalue weighted by molar-refractivity contribution is -0.115. The Labute approximate surface area is 168 Å². The van der Waals surface area contributed by atoms with Crippen LogP contribution in [0.3, 0.4) is 0 Å². The molecule has 1 fully saturated rings. The van der Waals surface area contributed by atoms with E-state index < -0.39 is 0 Å². The molecule has 28 heavy (non-hydrogen) atoms. The van der Waals surface area contributed by atoms with Crippen molar-refractivity contribution in [3.63, 3.8) is 0 Å². The number of carbonyl (C=O) groups excluding carboxylic acids is 1. The minimum atomic E-state index is -0.199. The van der Waals surface area contributed by atoms with Gasteiger partial charge in [-0.05, 0) is 73.6 Å². The highest BCUT2D eigenvalue weighted by molar-refractivity contribution is 8.18. The number of carbonyl (C=O) groups is 1. The Morgan fingerprint density at radius 1 is 1.18 bits per heavy atom. The second-order valence-electron chi connectivity index (χ2n) is 6.10. The van der Waals surface area contributed by atoms with E-state index in [0.717, 1.165) is 30.0 Å². The number of thioether (sulfide) groups is 1. The van der Waals surface area contributed by atoms with Gasteiger partial charge in [0.15, 0.2) is 16.7 Å². The summed E-state index contributed by atoms with van der Waals surface area (Å²) in [7, 11) is 1.49. The third-order valence-corrected chi connectivity index (χ3v) is 5.27. The predicted octanol–water partition coefficient (Wildman–Crippen LogP) is 4.14. The maximum Gasteiger partial charge on any atom is 0.264 e. The van der Waals surface area contributed by atoms with Gasteiger partial charge in [0.05, 0.1) is 17.7 Å². The van der Waals surface area contributed by atoms with Gasteiger partial charge in [0.25, 0.3) is 5.91 Å². The highest BCUT2D eigenvalue weighted by Gasteiger charge is 2.24. The molecule has 6 nitrogen and oxygen atoms in total. The van der Waals surface area contributed by atoms with Gasteiger partial charge in [-0.15, -0.1) is 0 Å². The molecular formula is C21H23N3O3S. The summed E-state index contributed by atoms with van der Waals surface area (Å²) in [6.45, 7) is 6.15. The molecule has 7 heteroatoms. The molecule has 0 radical (unpaired) electrons. The van der Waals surface area contributed by atoms with E-state index in [4.69, 9.17) is 4.74 Å². The summed E-state index contributed by atoms with van der Waals surface area (Å²) >= 11 is 1.28. The van der Waals surface area contributed by atoms with Crippen LogP contribution < -0.4 is 15.0 Å². The van der Waals surface area contributed by atoms with Crippen molar-refractivity contribution in [2.45, 2.75) is 13.8 Å². The van der Waals surface area contributed by atoms with Crippen LogP contribution in [0.25, 0.3) is 6.08 Å². The Hall–Kier alpha value is -2.93. The SMILES string of the molecule is CCN(CC)c1ccc(N=C2NC(=O)/C(=C/c3ccc(O)c(OC)c3)S2)cc1. The summed E-state index contributed by atoms with van der Waals surface area (Å²) in [5.74, 6) is 0.221. The maximum atomic E-state index is 12.3. The number of amides is 1. The molecule has 0 atom stereocenters. The normalized spacial score (nSPS) is 16.5. The van der Waals surface area contributed by atoms with Crippen LogP contribution in [0.15, 0.2) is 52.4 Å². The van der Waals surface area contributed by atoms with Crippen molar-refractivity contribution >= 4 is 40.3 Å². The highest BCUT2D eigenvalue weighted by Crippen LogP contribution is 2.31.